The Kier molecular flexibility index (Phi) is 3.52. The zero-order chi connectivity index (χ0) is 13.9. The van der Waals surface area contributed by atoms with Crippen molar-refractivity contribution in [3.05, 3.63) is 59.2 Å². The van der Waals surface area contributed by atoms with E-state index >= 15 is 0 Å². The van der Waals surface area contributed by atoms with Crippen molar-refractivity contribution < 1.29 is 18.3 Å². The van der Waals surface area contributed by atoms with Gasteiger partial charge in [-0.2, -0.15) is 0 Å². The van der Waals surface area contributed by atoms with Crippen LogP contribution in [0.2, 0.25) is 0 Å². The molecule has 0 amide bonds. The molecule has 0 aliphatic carbocycles. The van der Waals surface area contributed by atoms with Crippen LogP contribution in [0, 0.1) is 11.6 Å². The molecular formula is C15H13F2NO2. The second-order valence-electron chi connectivity index (χ2n) is 4.57. The fourth-order valence-corrected chi connectivity index (χ4v) is 2.12. The highest BCUT2D eigenvalue weighted by Gasteiger charge is 2.12. The summed E-state index contributed by atoms with van der Waals surface area (Å²) in [5.74, 6) is 0.330. The maximum Gasteiger partial charge on any atom is 0.231 e. The van der Waals surface area contributed by atoms with E-state index in [-0.39, 0.29) is 6.79 Å². The first-order valence-corrected chi connectivity index (χ1v) is 6.25. The van der Waals surface area contributed by atoms with Crippen LogP contribution in [0.1, 0.15) is 11.1 Å². The smallest absolute Gasteiger partial charge is 0.231 e. The molecular weight excluding hydrogens is 264 g/mol. The van der Waals surface area contributed by atoms with Crippen molar-refractivity contribution in [1.29, 1.82) is 0 Å². The van der Waals surface area contributed by atoms with E-state index in [4.69, 9.17) is 9.47 Å². The van der Waals surface area contributed by atoms with Gasteiger partial charge in [-0.05, 0) is 35.4 Å². The summed E-state index contributed by atoms with van der Waals surface area (Å²) in [7, 11) is 0. The fourth-order valence-electron chi connectivity index (χ4n) is 2.12. The lowest BCUT2D eigenvalue weighted by molar-refractivity contribution is 0.174. The standard InChI is InChI=1S/C15H13F2NO2/c16-12-3-11(4-13(17)6-12)8-18-7-10-1-2-14-15(5-10)20-9-19-14/h1-6,18H,7-9H2. The van der Waals surface area contributed by atoms with E-state index in [9.17, 15) is 8.78 Å². The first-order valence-electron chi connectivity index (χ1n) is 6.25. The molecule has 0 atom stereocenters. The van der Waals surface area contributed by atoms with Crippen molar-refractivity contribution in [2.45, 2.75) is 13.1 Å². The third-order valence-corrected chi connectivity index (χ3v) is 3.02. The molecule has 0 unspecified atom stereocenters. The molecule has 1 heterocycles. The molecule has 1 aliphatic rings. The molecule has 104 valence electrons. The van der Waals surface area contributed by atoms with Crippen LogP contribution in [0.25, 0.3) is 0 Å². The van der Waals surface area contributed by atoms with Gasteiger partial charge in [0.1, 0.15) is 11.6 Å². The van der Waals surface area contributed by atoms with E-state index in [1.165, 1.54) is 12.1 Å². The summed E-state index contributed by atoms with van der Waals surface area (Å²) >= 11 is 0. The summed E-state index contributed by atoms with van der Waals surface area (Å²) in [6.07, 6.45) is 0. The van der Waals surface area contributed by atoms with Crippen molar-refractivity contribution in [3.8, 4) is 11.5 Å². The van der Waals surface area contributed by atoms with Crippen LogP contribution in [0.5, 0.6) is 11.5 Å². The Morgan fingerprint density at radius 1 is 0.850 bits per heavy atom. The second-order valence-corrected chi connectivity index (χ2v) is 4.57. The van der Waals surface area contributed by atoms with E-state index in [1.807, 2.05) is 18.2 Å². The SMILES string of the molecule is Fc1cc(F)cc(CNCc2ccc3c(c2)OCO3)c1. The normalized spacial score (nSPS) is 12.7. The number of ether oxygens (including phenoxy) is 2. The Hall–Kier alpha value is -2.14. The van der Waals surface area contributed by atoms with Gasteiger partial charge in [0.2, 0.25) is 6.79 Å². The van der Waals surface area contributed by atoms with Crippen molar-refractivity contribution in [3.63, 3.8) is 0 Å². The predicted molar refractivity (Wildman–Crippen MR) is 69.5 cm³/mol. The van der Waals surface area contributed by atoms with Gasteiger partial charge >= 0.3 is 0 Å². The molecule has 20 heavy (non-hydrogen) atoms. The average Bonchev–Trinajstić information content (AvgIpc) is 2.85. The lowest BCUT2D eigenvalue weighted by atomic mass is 10.2. The van der Waals surface area contributed by atoms with Gasteiger partial charge in [0.05, 0.1) is 0 Å². The number of rotatable bonds is 4. The lowest BCUT2D eigenvalue weighted by Crippen LogP contribution is -2.13. The molecule has 1 N–H and O–H groups in total. The Bertz CT molecular complexity index is 611. The highest BCUT2D eigenvalue weighted by molar-refractivity contribution is 5.44. The van der Waals surface area contributed by atoms with Crippen LogP contribution in [0.15, 0.2) is 36.4 Å². The van der Waals surface area contributed by atoms with Gasteiger partial charge in [-0.3, -0.25) is 0 Å². The van der Waals surface area contributed by atoms with Crippen molar-refractivity contribution >= 4 is 0 Å². The number of hydrogen-bond acceptors (Lipinski definition) is 3. The van der Waals surface area contributed by atoms with Crippen LogP contribution in [-0.4, -0.2) is 6.79 Å². The van der Waals surface area contributed by atoms with Crippen molar-refractivity contribution in [2.75, 3.05) is 6.79 Å². The highest BCUT2D eigenvalue weighted by Crippen LogP contribution is 2.32. The molecule has 5 heteroatoms. The van der Waals surface area contributed by atoms with Gasteiger partial charge in [0, 0.05) is 19.2 Å². The van der Waals surface area contributed by atoms with E-state index in [1.54, 1.807) is 0 Å². The molecule has 0 spiro atoms. The quantitative estimate of drug-likeness (QED) is 0.932. The molecule has 0 saturated heterocycles. The van der Waals surface area contributed by atoms with Crippen LogP contribution in [0.4, 0.5) is 8.78 Å². The largest absolute Gasteiger partial charge is 0.454 e. The molecule has 3 nitrogen and oxygen atoms in total. The van der Waals surface area contributed by atoms with E-state index in [0.717, 1.165) is 23.1 Å². The summed E-state index contributed by atoms with van der Waals surface area (Å²) < 4.78 is 36.6. The molecule has 0 bridgehead atoms. The Morgan fingerprint density at radius 3 is 2.35 bits per heavy atom. The monoisotopic (exact) mass is 277 g/mol. The van der Waals surface area contributed by atoms with Gasteiger partial charge in [-0.15, -0.1) is 0 Å². The molecule has 3 rings (SSSR count). The first kappa shape index (κ1) is 12.9. The van der Waals surface area contributed by atoms with Crippen LogP contribution in [0.3, 0.4) is 0 Å². The number of benzene rings is 2. The first-order chi connectivity index (χ1) is 9.70. The van der Waals surface area contributed by atoms with Crippen molar-refractivity contribution in [1.82, 2.24) is 5.32 Å². The van der Waals surface area contributed by atoms with Crippen LogP contribution >= 0.6 is 0 Å². The maximum atomic E-state index is 13.0. The van der Waals surface area contributed by atoms with Crippen LogP contribution in [-0.2, 0) is 13.1 Å². The average molecular weight is 277 g/mol. The summed E-state index contributed by atoms with van der Waals surface area (Å²) in [6.45, 7) is 1.21. The summed E-state index contributed by atoms with van der Waals surface area (Å²) in [6, 6.07) is 9.15. The molecule has 0 fully saturated rings. The highest BCUT2D eigenvalue weighted by atomic mass is 19.1. The van der Waals surface area contributed by atoms with Gasteiger partial charge in [0.25, 0.3) is 0 Å². The minimum absolute atomic E-state index is 0.245. The molecule has 2 aromatic rings. The summed E-state index contributed by atoms with van der Waals surface area (Å²) in [4.78, 5) is 0. The zero-order valence-electron chi connectivity index (χ0n) is 10.7. The number of fused-ring (bicyclic) bond motifs is 1. The third-order valence-electron chi connectivity index (χ3n) is 3.02. The number of halogens is 2. The molecule has 2 aromatic carbocycles. The maximum absolute atomic E-state index is 13.0. The van der Waals surface area contributed by atoms with Gasteiger partial charge < -0.3 is 14.8 Å². The summed E-state index contributed by atoms with van der Waals surface area (Å²) in [5.41, 5.74) is 1.59. The van der Waals surface area contributed by atoms with E-state index in [2.05, 4.69) is 5.32 Å². The fraction of sp³-hybridized carbons (Fsp3) is 0.200. The van der Waals surface area contributed by atoms with E-state index in [0.29, 0.717) is 18.7 Å². The third kappa shape index (κ3) is 2.88. The lowest BCUT2D eigenvalue weighted by Gasteiger charge is -2.06. The molecule has 0 aromatic heterocycles. The van der Waals surface area contributed by atoms with Gasteiger partial charge in [-0.1, -0.05) is 6.07 Å². The molecule has 1 aliphatic heterocycles. The van der Waals surface area contributed by atoms with Crippen molar-refractivity contribution in [2.24, 2.45) is 0 Å². The minimum atomic E-state index is -0.565. The van der Waals surface area contributed by atoms with E-state index < -0.39 is 11.6 Å². The number of hydrogen-bond donors (Lipinski definition) is 1. The molecule has 0 saturated carbocycles. The Morgan fingerprint density at radius 2 is 1.55 bits per heavy atom. The van der Waals surface area contributed by atoms with Gasteiger partial charge in [-0.25, -0.2) is 8.78 Å². The number of nitrogens with one attached hydrogen (secondary N) is 1. The zero-order valence-corrected chi connectivity index (χ0v) is 10.7. The predicted octanol–water partition coefficient (Wildman–Crippen LogP) is 2.98. The second kappa shape index (κ2) is 5.46. The Labute approximate surface area is 115 Å². The molecule has 0 radical (unpaired) electrons. The summed E-state index contributed by atoms with van der Waals surface area (Å²) in [5, 5.41) is 3.13. The van der Waals surface area contributed by atoms with Crippen LogP contribution < -0.4 is 14.8 Å². The topological polar surface area (TPSA) is 30.5 Å². The minimum Gasteiger partial charge on any atom is -0.454 e. The Balaban J connectivity index is 1.59. The van der Waals surface area contributed by atoms with Gasteiger partial charge in [0.15, 0.2) is 11.5 Å².